The smallest absolute Gasteiger partial charge is 0.165 e. The van der Waals surface area contributed by atoms with Crippen LogP contribution < -0.4 is 5.32 Å². The van der Waals surface area contributed by atoms with Gasteiger partial charge < -0.3 is 5.32 Å². The Morgan fingerprint density at radius 2 is 1.00 bits per heavy atom. The molecule has 0 bridgehead atoms. The molecule has 0 amide bonds. The van der Waals surface area contributed by atoms with Crippen LogP contribution in [0.4, 0.5) is 0 Å². The summed E-state index contributed by atoms with van der Waals surface area (Å²) in [6.45, 7) is 2.32. The van der Waals surface area contributed by atoms with Crippen molar-refractivity contribution in [3.8, 4) is 0 Å². The number of hydrogen-bond acceptors (Lipinski definition) is 3. The molecule has 4 aromatic carbocycles. The first-order chi connectivity index (χ1) is 20.0. The molecule has 2 unspecified atom stereocenters. The number of halogens is 1. The van der Waals surface area contributed by atoms with Crippen LogP contribution in [0.5, 0.6) is 0 Å². The van der Waals surface area contributed by atoms with Gasteiger partial charge in [-0.15, -0.1) is 0 Å². The van der Waals surface area contributed by atoms with Gasteiger partial charge >= 0.3 is 0 Å². The third-order valence-corrected chi connectivity index (χ3v) is 9.55. The van der Waals surface area contributed by atoms with Crippen molar-refractivity contribution in [3.05, 3.63) is 142 Å². The molecule has 0 aliphatic heterocycles. The summed E-state index contributed by atoms with van der Waals surface area (Å²) < 4.78 is 0. The summed E-state index contributed by atoms with van der Waals surface area (Å²) in [5.74, 6) is 1.40. The summed E-state index contributed by atoms with van der Waals surface area (Å²) in [6, 6.07) is 33.8. The molecule has 4 aromatic rings. The summed E-state index contributed by atoms with van der Waals surface area (Å²) >= 11 is 3.46. The Morgan fingerprint density at radius 1 is 0.561 bits per heavy atom. The van der Waals surface area contributed by atoms with Gasteiger partial charge in [-0.25, -0.2) is 0 Å². The van der Waals surface area contributed by atoms with Crippen LogP contribution in [-0.4, -0.2) is 17.6 Å². The molecule has 0 saturated heterocycles. The zero-order chi connectivity index (χ0) is 28.3. The number of Topliss-reactive ketones (excluding diaryl/α,β-unsaturated/α-hetero) is 2. The zero-order valence-electron chi connectivity index (χ0n) is 23.5. The minimum Gasteiger partial charge on any atom is -0.306 e. The lowest BCUT2D eigenvalue weighted by Crippen LogP contribution is -2.32. The fraction of sp³-hybridized carbons (Fsp3) is 0.297. The van der Waals surface area contributed by atoms with Crippen molar-refractivity contribution in [1.29, 1.82) is 0 Å². The third-order valence-electron chi connectivity index (χ3n) is 8.73. The molecular weight excluding hydrogens is 570 g/mol. The Morgan fingerprint density at radius 3 is 1.56 bits per heavy atom. The molecule has 0 saturated carbocycles. The van der Waals surface area contributed by atoms with Crippen molar-refractivity contribution < 1.29 is 9.59 Å². The van der Waals surface area contributed by atoms with Crippen LogP contribution >= 0.6 is 15.9 Å². The SMILES string of the molecule is CC1Cc2ccccc2C1.O=C1CC(Br)c2ccccc21.O=C1CC(NC2Cc3ccccc3C2)c2ccccc21. The second-order valence-corrected chi connectivity index (χ2v) is 12.9. The predicted molar refractivity (Wildman–Crippen MR) is 169 cm³/mol. The van der Waals surface area contributed by atoms with Crippen molar-refractivity contribution in [2.75, 3.05) is 0 Å². The number of hydrogen-bond donors (Lipinski definition) is 1. The number of fused-ring (bicyclic) bond motifs is 4. The number of carbonyl (C=O) groups is 2. The number of nitrogens with one attached hydrogen (secondary N) is 1. The summed E-state index contributed by atoms with van der Waals surface area (Å²) in [4.78, 5) is 23.5. The molecule has 0 aromatic heterocycles. The number of benzene rings is 4. The Kier molecular flexibility index (Phi) is 8.32. The standard InChI is InChI=1S/C18H17NO.C10H12.C9H7BrO/c20-18-11-17(15-7-3-4-8-16(15)18)19-14-9-12-5-1-2-6-13(12)10-14;1-8-6-9-4-2-3-5-10(9)7-8;10-8-5-9(11)7-4-2-1-3-6(7)8/h1-8,14,17,19H,9-11H2;2-5,8H,6-7H2,1H3;1-4,8H,5H2. The summed E-state index contributed by atoms with van der Waals surface area (Å²) in [7, 11) is 0. The van der Waals surface area contributed by atoms with Gasteiger partial charge in [0.1, 0.15) is 0 Å². The van der Waals surface area contributed by atoms with Crippen molar-refractivity contribution in [2.45, 2.75) is 62.4 Å². The van der Waals surface area contributed by atoms with Crippen LogP contribution in [0.3, 0.4) is 0 Å². The van der Waals surface area contributed by atoms with Crippen molar-refractivity contribution in [3.63, 3.8) is 0 Å². The fourth-order valence-electron chi connectivity index (χ4n) is 6.76. The Bertz CT molecular complexity index is 1530. The van der Waals surface area contributed by atoms with Gasteiger partial charge in [0.25, 0.3) is 0 Å². The minimum absolute atomic E-state index is 0.193. The van der Waals surface area contributed by atoms with Gasteiger partial charge in [-0.2, -0.15) is 0 Å². The highest BCUT2D eigenvalue weighted by Crippen LogP contribution is 2.37. The van der Waals surface area contributed by atoms with E-state index in [1.54, 1.807) is 11.1 Å². The van der Waals surface area contributed by atoms with Gasteiger partial charge in [-0.05, 0) is 65.0 Å². The average molecular weight is 607 g/mol. The number of carbonyl (C=O) groups excluding carboxylic acids is 2. The first-order valence-corrected chi connectivity index (χ1v) is 15.7. The molecule has 3 nitrogen and oxygen atoms in total. The van der Waals surface area contributed by atoms with Gasteiger partial charge in [0, 0.05) is 40.9 Å². The Hall–Kier alpha value is -3.34. The molecular formula is C37H36BrNO2. The molecule has 0 heterocycles. The topological polar surface area (TPSA) is 46.2 Å². The zero-order valence-corrected chi connectivity index (χ0v) is 25.1. The first kappa shape index (κ1) is 27.8. The molecule has 4 heteroatoms. The van der Waals surface area contributed by atoms with Crippen LogP contribution in [0.15, 0.2) is 97.1 Å². The van der Waals surface area contributed by atoms with Crippen LogP contribution in [0, 0.1) is 5.92 Å². The molecule has 208 valence electrons. The number of rotatable bonds is 2. The van der Waals surface area contributed by atoms with Crippen LogP contribution in [0.25, 0.3) is 0 Å². The number of ketones is 2. The molecule has 0 radical (unpaired) electrons. The van der Waals surface area contributed by atoms with E-state index in [9.17, 15) is 9.59 Å². The van der Waals surface area contributed by atoms with Crippen molar-refractivity contribution in [2.24, 2.45) is 5.92 Å². The first-order valence-electron chi connectivity index (χ1n) is 14.7. The third kappa shape index (κ3) is 6.14. The largest absolute Gasteiger partial charge is 0.306 e. The van der Waals surface area contributed by atoms with E-state index in [4.69, 9.17) is 0 Å². The summed E-state index contributed by atoms with van der Waals surface area (Å²) in [6.07, 6.45) is 5.93. The quantitative estimate of drug-likeness (QED) is 0.234. The van der Waals surface area contributed by atoms with E-state index in [1.807, 2.05) is 42.5 Å². The maximum atomic E-state index is 12.0. The molecule has 0 spiro atoms. The van der Waals surface area contributed by atoms with E-state index in [-0.39, 0.29) is 22.4 Å². The Labute approximate surface area is 251 Å². The molecule has 2 atom stereocenters. The van der Waals surface area contributed by atoms with Crippen LogP contribution in [0.2, 0.25) is 0 Å². The summed E-state index contributed by atoms with van der Waals surface area (Å²) in [5.41, 5.74) is 10.1. The lowest BCUT2D eigenvalue weighted by Gasteiger charge is -2.19. The maximum Gasteiger partial charge on any atom is 0.165 e. The lowest BCUT2D eigenvalue weighted by atomic mass is 10.1. The van der Waals surface area contributed by atoms with E-state index >= 15 is 0 Å². The average Bonchev–Trinajstić information content (AvgIpc) is 3.73. The highest BCUT2D eigenvalue weighted by atomic mass is 79.9. The molecule has 4 aliphatic rings. The van der Waals surface area contributed by atoms with E-state index in [0.29, 0.717) is 18.9 Å². The highest BCUT2D eigenvalue weighted by molar-refractivity contribution is 9.09. The van der Waals surface area contributed by atoms with Gasteiger partial charge in [-0.1, -0.05) is 120 Å². The van der Waals surface area contributed by atoms with Crippen molar-refractivity contribution in [1.82, 2.24) is 5.32 Å². The second-order valence-electron chi connectivity index (χ2n) is 11.8. The maximum absolute atomic E-state index is 12.0. The van der Waals surface area contributed by atoms with Gasteiger partial charge in [0.2, 0.25) is 0 Å². The van der Waals surface area contributed by atoms with E-state index in [1.165, 1.54) is 29.5 Å². The summed E-state index contributed by atoms with van der Waals surface area (Å²) in [5, 5.41) is 3.69. The predicted octanol–water partition coefficient (Wildman–Crippen LogP) is 8.20. The molecule has 1 N–H and O–H groups in total. The Balaban J connectivity index is 0.000000122. The number of alkyl halides is 1. The molecule has 8 rings (SSSR count). The molecule has 41 heavy (non-hydrogen) atoms. The molecule has 0 fully saturated rings. The van der Waals surface area contributed by atoms with Gasteiger partial charge in [-0.3, -0.25) is 9.59 Å². The second kappa shape index (κ2) is 12.3. The van der Waals surface area contributed by atoms with Crippen molar-refractivity contribution >= 4 is 27.5 Å². The monoisotopic (exact) mass is 605 g/mol. The highest BCUT2D eigenvalue weighted by Gasteiger charge is 2.32. The molecule has 4 aliphatic carbocycles. The lowest BCUT2D eigenvalue weighted by molar-refractivity contribution is 0.0980. The van der Waals surface area contributed by atoms with E-state index in [2.05, 4.69) is 82.8 Å². The van der Waals surface area contributed by atoms with Crippen LogP contribution in [-0.2, 0) is 25.7 Å². The fourth-order valence-corrected chi connectivity index (χ4v) is 7.45. The van der Waals surface area contributed by atoms with E-state index < -0.39 is 0 Å². The van der Waals surface area contributed by atoms with Crippen LogP contribution in [0.1, 0.15) is 84.7 Å². The normalized spacial score (nSPS) is 20.3. The van der Waals surface area contributed by atoms with Gasteiger partial charge in [0.15, 0.2) is 11.6 Å². The van der Waals surface area contributed by atoms with E-state index in [0.717, 1.165) is 35.4 Å². The minimum atomic E-state index is 0.193. The van der Waals surface area contributed by atoms with Gasteiger partial charge in [0.05, 0.1) is 0 Å².